The van der Waals surface area contributed by atoms with Gasteiger partial charge in [0.05, 0.1) is 6.42 Å². The van der Waals surface area contributed by atoms with Crippen molar-refractivity contribution in [2.75, 3.05) is 0 Å². The van der Waals surface area contributed by atoms with Crippen molar-refractivity contribution in [1.29, 1.82) is 0 Å². The van der Waals surface area contributed by atoms with Crippen LogP contribution in [0.15, 0.2) is 24.3 Å². The summed E-state index contributed by atoms with van der Waals surface area (Å²) in [6.45, 7) is 17.7. The number of aryl methyl sites for hydroxylation is 5. The molecule has 0 heterocycles. The van der Waals surface area contributed by atoms with Gasteiger partial charge in [0.25, 0.3) is 0 Å². The van der Waals surface area contributed by atoms with Crippen molar-refractivity contribution in [3.05, 3.63) is 75.2 Å². The molecule has 0 saturated carbocycles. The Kier molecular flexibility index (Phi) is 4.52. The van der Waals surface area contributed by atoms with Gasteiger partial charge >= 0.3 is 0 Å². The molecule has 22 heavy (non-hydrogen) atoms. The molecule has 0 aliphatic heterocycles. The van der Waals surface area contributed by atoms with Crippen LogP contribution >= 0.6 is 0 Å². The lowest BCUT2D eigenvalue weighted by atomic mass is 9.82. The van der Waals surface area contributed by atoms with E-state index in [-0.39, 0.29) is 5.41 Å². The maximum atomic E-state index is 3.68. The SMILES string of the molecule is Cc1cc(C)c([C]c2c(C)cc(C(C)(C)C)cc2C)c(C)c1. The Bertz CT molecular complexity index is 650. The molecule has 0 aliphatic carbocycles. The summed E-state index contributed by atoms with van der Waals surface area (Å²) < 4.78 is 0. The molecule has 2 radical (unpaired) electrons. The van der Waals surface area contributed by atoms with Crippen LogP contribution in [0.4, 0.5) is 0 Å². The van der Waals surface area contributed by atoms with E-state index in [1.165, 1.54) is 44.5 Å². The molecule has 0 N–H and O–H groups in total. The average Bonchev–Trinajstić information content (AvgIpc) is 2.34. The van der Waals surface area contributed by atoms with Crippen molar-refractivity contribution < 1.29 is 0 Å². The third-order valence-corrected chi connectivity index (χ3v) is 4.33. The van der Waals surface area contributed by atoms with Gasteiger partial charge in [-0.1, -0.05) is 50.6 Å². The zero-order chi connectivity index (χ0) is 16.7. The summed E-state index contributed by atoms with van der Waals surface area (Å²) in [6, 6.07) is 9.11. The predicted molar refractivity (Wildman–Crippen MR) is 96.7 cm³/mol. The molecule has 0 nitrogen and oxygen atoms in total. The zero-order valence-electron chi connectivity index (χ0n) is 15.3. The summed E-state index contributed by atoms with van der Waals surface area (Å²) in [5.41, 5.74) is 10.6. The minimum Gasteiger partial charge on any atom is -0.0561 e. The van der Waals surface area contributed by atoms with Crippen LogP contribution in [0.3, 0.4) is 0 Å². The third-order valence-electron chi connectivity index (χ3n) is 4.33. The first-order valence-electron chi connectivity index (χ1n) is 8.06. The van der Waals surface area contributed by atoms with Gasteiger partial charge in [0.2, 0.25) is 0 Å². The van der Waals surface area contributed by atoms with Crippen LogP contribution in [-0.4, -0.2) is 0 Å². The van der Waals surface area contributed by atoms with Gasteiger partial charge in [-0.3, -0.25) is 0 Å². The smallest absolute Gasteiger partial charge is 0.0513 e. The van der Waals surface area contributed by atoms with Gasteiger partial charge in [-0.05, 0) is 79.0 Å². The molecule has 0 heteroatoms. The Morgan fingerprint density at radius 1 is 0.636 bits per heavy atom. The lowest BCUT2D eigenvalue weighted by Gasteiger charge is -2.23. The van der Waals surface area contributed by atoms with Crippen molar-refractivity contribution in [2.45, 2.75) is 60.8 Å². The fraction of sp³-hybridized carbons (Fsp3) is 0.409. The lowest BCUT2D eigenvalue weighted by Crippen LogP contribution is -2.12. The highest BCUT2D eigenvalue weighted by molar-refractivity contribution is 5.53. The quantitative estimate of drug-likeness (QED) is 0.636. The summed E-state index contributed by atoms with van der Waals surface area (Å²) in [6.07, 6.45) is 3.68. The van der Waals surface area contributed by atoms with Gasteiger partial charge in [0, 0.05) is 0 Å². The third kappa shape index (κ3) is 3.43. The molecule has 2 rings (SSSR count). The van der Waals surface area contributed by atoms with Crippen molar-refractivity contribution >= 4 is 0 Å². The Morgan fingerprint density at radius 3 is 1.36 bits per heavy atom. The molecular weight excluding hydrogens is 264 g/mol. The molecule has 0 saturated heterocycles. The van der Waals surface area contributed by atoms with E-state index in [4.69, 9.17) is 0 Å². The van der Waals surface area contributed by atoms with Gasteiger partial charge < -0.3 is 0 Å². The lowest BCUT2D eigenvalue weighted by molar-refractivity contribution is 0.589. The predicted octanol–water partition coefficient (Wildman–Crippen LogP) is 6.00. The second-order valence-electron chi connectivity index (χ2n) is 7.63. The second-order valence-corrected chi connectivity index (χ2v) is 7.63. The van der Waals surface area contributed by atoms with Crippen LogP contribution < -0.4 is 0 Å². The van der Waals surface area contributed by atoms with E-state index in [0.29, 0.717) is 0 Å². The molecule has 2 aromatic rings. The summed E-state index contributed by atoms with van der Waals surface area (Å²) >= 11 is 0. The van der Waals surface area contributed by atoms with Crippen molar-refractivity contribution in [2.24, 2.45) is 0 Å². The highest BCUT2D eigenvalue weighted by Gasteiger charge is 2.17. The first-order chi connectivity index (χ1) is 10.1. The zero-order valence-corrected chi connectivity index (χ0v) is 15.3. The van der Waals surface area contributed by atoms with Crippen LogP contribution in [0.25, 0.3) is 0 Å². The fourth-order valence-electron chi connectivity index (χ4n) is 3.10. The van der Waals surface area contributed by atoms with Gasteiger partial charge in [-0.15, -0.1) is 0 Å². The summed E-state index contributed by atoms with van der Waals surface area (Å²) in [5.74, 6) is 0. The van der Waals surface area contributed by atoms with E-state index in [1.54, 1.807) is 0 Å². The Hall–Kier alpha value is -1.56. The molecule has 0 unspecified atom stereocenters. The molecular formula is C22H28. The minimum atomic E-state index is 0.184. The highest BCUT2D eigenvalue weighted by Crippen LogP contribution is 2.30. The number of hydrogen-bond donors (Lipinski definition) is 0. The van der Waals surface area contributed by atoms with E-state index in [9.17, 15) is 0 Å². The van der Waals surface area contributed by atoms with E-state index in [0.717, 1.165) is 0 Å². The normalized spacial score (nSPS) is 11.8. The summed E-state index contributed by atoms with van der Waals surface area (Å²) in [4.78, 5) is 0. The van der Waals surface area contributed by atoms with Gasteiger partial charge in [-0.25, -0.2) is 0 Å². The number of hydrogen-bond acceptors (Lipinski definition) is 0. The van der Waals surface area contributed by atoms with E-state index >= 15 is 0 Å². The van der Waals surface area contributed by atoms with Gasteiger partial charge in [0.1, 0.15) is 0 Å². The number of rotatable bonds is 2. The molecule has 0 spiro atoms. The maximum absolute atomic E-state index is 3.68. The molecule has 0 aromatic heterocycles. The van der Waals surface area contributed by atoms with Crippen LogP contribution in [-0.2, 0) is 5.41 Å². The molecule has 2 aromatic carbocycles. The van der Waals surface area contributed by atoms with Crippen molar-refractivity contribution in [3.8, 4) is 0 Å². The highest BCUT2D eigenvalue weighted by atomic mass is 14.2. The fourth-order valence-corrected chi connectivity index (χ4v) is 3.10. The number of benzene rings is 2. The monoisotopic (exact) mass is 292 g/mol. The summed E-state index contributed by atoms with van der Waals surface area (Å²) in [7, 11) is 0. The van der Waals surface area contributed by atoms with Crippen molar-refractivity contribution in [3.63, 3.8) is 0 Å². The topological polar surface area (TPSA) is 0 Å². The second kappa shape index (κ2) is 5.91. The summed E-state index contributed by atoms with van der Waals surface area (Å²) in [5, 5.41) is 0. The minimum absolute atomic E-state index is 0.184. The van der Waals surface area contributed by atoms with Crippen LogP contribution in [0.1, 0.15) is 65.3 Å². The molecule has 0 atom stereocenters. The Balaban J connectivity index is 2.48. The largest absolute Gasteiger partial charge is 0.0561 e. The molecule has 0 aliphatic rings. The average molecular weight is 292 g/mol. The maximum Gasteiger partial charge on any atom is 0.0513 e. The van der Waals surface area contributed by atoms with Crippen LogP contribution in [0.5, 0.6) is 0 Å². The van der Waals surface area contributed by atoms with Gasteiger partial charge in [0.15, 0.2) is 0 Å². The van der Waals surface area contributed by atoms with Crippen molar-refractivity contribution in [1.82, 2.24) is 0 Å². The van der Waals surface area contributed by atoms with Gasteiger partial charge in [-0.2, -0.15) is 0 Å². The van der Waals surface area contributed by atoms with Crippen LogP contribution in [0, 0.1) is 41.0 Å². The van der Waals surface area contributed by atoms with E-state index < -0.39 is 0 Å². The first-order valence-corrected chi connectivity index (χ1v) is 8.06. The Labute approximate surface area is 136 Å². The van der Waals surface area contributed by atoms with E-state index in [1.807, 2.05) is 0 Å². The standard InChI is InChI=1S/C22H28/c1-14-9-15(2)20(16(3)10-14)13-21-17(4)11-19(12-18(21)5)22(6,7)8/h9-12H,1-8H3. The molecule has 0 amide bonds. The molecule has 0 bridgehead atoms. The van der Waals surface area contributed by atoms with Crippen LogP contribution in [0.2, 0.25) is 0 Å². The Morgan fingerprint density at radius 2 is 1.00 bits per heavy atom. The first kappa shape index (κ1) is 16.8. The van der Waals surface area contributed by atoms with E-state index in [2.05, 4.69) is 86.1 Å². The molecule has 116 valence electrons. The molecule has 0 fully saturated rings.